The van der Waals surface area contributed by atoms with E-state index in [1.54, 1.807) is 11.6 Å². The van der Waals surface area contributed by atoms with Crippen LogP contribution in [0.25, 0.3) is 11.1 Å². The standard InChI is InChI=1S/C21H25FN2O2S/c1-24-11-17(14-5-3-4-6-15(14)21(24)25)16-9-19(23-27-2)18(22)10-20(16)26-12-13-7-8-13/h9-11,13,23H,3-8,12H2,1-2H3. The van der Waals surface area contributed by atoms with Gasteiger partial charge >= 0.3 is 0 Å². The summed E-state index contributed by atoms with van der Waals surface area (Å²) in [7, 11) is 1.79. The van der Waals surface area contributed by atoms with Crippen LogP contribution in [0.3, 0.4) is 0 Å². The summed E-state index contributed by atoms with van der Waals surface area (Å²) in [5.41, 5.74) is 4.37. The quantitative estimate of drug-likeness (QED) is 0.738. The number of pyridine rings is 1. The molecule has 2 aliphatic rings. The van der Waals surface area contributed by atoms with Crippen LogP contribution in [0.4, 0.5) is 10.1 Å². The highest BCUT2D eigenvalue weighted by Crippen LogP contribution is 2.40. The Hall–Kier alpha value is -1.95. The maximum absolute atomic E-state index is 14.5. The number of ether oxygens (including phenoxy) is 1. The lowest BCUT2D eigenvalue weighted by Crippen LogP contribution is -2.25. The van der Waals surface area contributed by atoms with Crippen LogP contribution in [0.5, 0.6) is 5.75 Å². The molecule has 0 spiro atoms. The highest BCUT2D eigenvalue weighted by Gasteiger charge is 2.25. The Bertz CT molecular complexity index is 921. The van der Waals surface area contributed by atoms with Crippen LogP contribution < -0.4 is 15.0 Å². The lowest BCUT2D eigenvalue weighted by Gasteiger charge is -2.22. The Labute approximate surface area is 163 Å². The zero-order valence-corrected chi connectivity index (χ0v) is 16.6. The third kappa shape index (κ3) is 3.72. The molecule has 0 amide bonds. The van der Waals surface area contributed by atoms with Gasteiger partial charge in [-0.2, -0.15) is 0 Å². The molecule has 0 saturated heterocycles. The normalized spacial score (nSPS) is 16.1. The van der Waals surface area contributed by atoms with E-state index in [2.05, 4.69) is 4.72 Å². The van der Waals surface area contributed by atoms with Crippen molar-refractivity contribution < 1.29 is 9.13 Å². The first-order valence-electron chi connectivity index (χ1n) is 9.55. The van der Waals surface area contributed by atoms with Crippen LogP contribution in [-0.4, -0.2) is 17.4 Å². The van der Waals surface area contributed by atoms with Crippen molar-refractivity contribution in [3.8, 4) is 16.9 Å². The van der Waals surface area contributed by atoms with Gasteiger partial charge in [0.25, 0.3) is 5.56 Å². The minimum Gasteiger partial charge on any atom is -0.493 e. The van der Waals surface area contributed by atoms with Crippen molar-refractivity contribution in [2.45, 2.75) is 38.5 Å². The minimum atomic E-state index is -0.322. The first-order chi connectivity index (χ1) is 13.1. The average Bonchev–Trinajstić information content (AvgIpc) is 3.49. The third-order valence-electron chi connectivity index (χ3n) is 5.44. The first-order valence-corrected chi connectivity index (χ1v) is 10.8. The molecule has 1 N–H and O–H groups in total. The maximum Gasteiger partial charge on any atom is 0.253 e. The molecule has 27 heavy (non-hydrogen) atoms. The highest BCUT2D eigenvalue weighted by molar-refractivity contribution is 7.99. The second kappa shape index (κ2) is 7.58. The van der Waals surface area contributed by atoms with Gasteiger partial charge in [0, 0.05) is 42.3 Å². The van der Waals surface area contributed by atoms with Gasteiger partial charge in [-0.15, -0.1) is 0 Å². The largest absolute Gasteiger partial charge is 0.493 e. The van der Waals surface area contributed by atoms with Crippen LogP contribution in [0.15, 0.2) is 23.1 Å². The molecule has 1 fully saturated rings. The summed E-state index contributed by atoms with van der Waals surface area (Å²) in [5, 5.41) is 0. The number of hydrogen-bond acceptors (Lipinski definition) is 4. The van der Waals surface area contributed by atoms with E-state index < -0.39 is 0 Å². The van der Waals surface area contributed by atoms with Crippen LogP contribution in [0.1, 0.15) is 36.8 Å². The van der Waals surface area contributed by atoms with E-state index in [9.17, 15) is 9.18 Å². The summed E-state index contributed by atoms with van der Waals surface area (Å²) in [6.45, 7) is 0.621. The number of nitrogens with one attached hydrogen (secondary N) is 1. The van der Waals surface area contributed by atoms with Crippen LogP contribution in [0.2, 0.25) is 0 Å². The predicted molar refractivity (Wildman–Crippen MR) is 109 cm³/mol. The Kier molecular flexibility index (Phi) is 5.17. The number of fused-ring (bicyclic) bond motifs is 1. The molecular formula is C21H25FN2O2S. The fourth-order valence-electron chi connectivity index (χ4n) is 3.78. The summed E-state index contributed by atoms with van der Waals surface area (Å²) in [6, 6.07) is 3.30. The summed E-state index contributed by atoms with van der Waals surface area (Å²) < 4.78 is 25.2. The number of aromatic nitrogens is 1. The van der Waals surface area contributed by atoms with E-state index in [0.29, 0.717) is 24.0 Å². The van der Waals surface area contributed by atoms with Gasteiger partial charge in [-0.3, -0.25) is 4.79 Å². The van der Waals surface area contributed by atoms with Gasteiger partial charge < -0.3 is 14.0 Å². The second-order valence-corrected chi connectivity index (χ2v) is 8.12. The maximum atomic E-state index is 14.5. The third-order valence-corrected chi connectivity index (χ3v) is 5.86. The molecule has 0 unspecified atom stereocenters. The van der Waals surface area contributed by atoms with Gasteiger partial charge in [-0.25, -0.2) is 4.39 Å². The molecular weight excluding hydrogens is 363 g/mol. The fraction of sp³-hybridized carbons (Fsp3) is 0.476. The molecule has 2 aliphatic carbocycles. The van der Waals surface area contributed by atoms with Crippen molar-refractivity contribution >= 4 is 17.6 Å². The molecule has 0 atom stereocenters. The molecule has 0 radical (unpaired) electrons. The highest BCUT2D eigenvalue weighted by atomic mass is 32.2. The molecule has 4 nitrogen and oxygen atoms in total. The lowest BCUT2D eigenvalue weighted by atomic mass is 9.87. The van der Waals surface area contributed by atoms with Gasteiger partial charge in [0.1, 0.15) is 5.75 Å². The topological polar surface area (TPSA) is 43.3 Å². The predicted octanol–water partition coefficient (Wildman–Crippen LogP) is 4.55. The average molecular weight is 389 g/mol. The van der Waals surface area contributed by atoms with Gasteiger partial charge in [-0.05, 0) is 56.1 Å². The van der Waals surface area contributed by atoms with Crippen molar-refractivity contribution in [3.63, 3.8) is 0 Å². The summed E-state index contributed by atoms with van der Waals surface area (Å²) in [4.78, 5) is 12.6. The number of benzene rings is 1. The lowest BCUT2D eigenvalue weighted by molar-refractivity contribution is 0.299. The van der Waals surface area contributed by atoms with Crippen molar-refractivity contribution in [2.75, 3.05) is 17.6 Å². The smallest absolute Gasteiger partial charge is 0.253 e. The van der Waals surface area contributed by atoms with E-state index in [-0.39, 0.29) is 11.4 Å². The van der Waals surface area contributed by atoms with Crippen LogP contribution in [0, 0.1) is 11.7 Å². The van der Waals surface area contributed by atoms with Gasteiger partial charge in [0.2, 0.25) is 0 Å². The molecule has 6 heteroatoms. The fourth-order valence-corrected chi connectivity index (χ4v) is 4.16. The number of nitrogens with zero attached hydrogens (tertiary/aromatic N) is 1. The second-order valence-electron chi connectivity index (χ2n) is 7.51. The number of aryl methyl sites for hydroxylation is 1. The molecule has 1 aromatic carbocycles. The summed E-state index contributed by atoms with van der Waals surface area (Å²) >= 11 is 1.36. The SMILES string of the molecule is CSNc1cc(-c2cn(C)c(=O)c3c2CCCC3)c(OCC2CC2)cc1F. The van der Waals surface area contributed by atoms with Gasteiger partial charge in [0.05, 0.1) is 12.3 Å². The molecule has 1 heterocycles. The van der Waals surface area contributed by atoms with Gasteiger partial charge in [-0.1, -0.05) is 11.9 Å². The van der Waals surface area contributed by atoms with E-state index in [4.69, 9.17) is 4.74 Å². The van der Waals surface area contributed by atoms with Gasteiger partial charge in [0.15, 0.2) is 5.82 Å². The number of hydrogen-bond donors (Lipinski definition) is 1. The Morgan fingerprint density at radius 2 is 1.96 bits per heavy atom. The molecule has 144 valence electrons. The summed E-state index contributed by atoms with van der Waals surface area (Å²) in [6.07, 6.45) is 9.91. The van der Waals surface area contributed by atoms with Crippen molar-refractivity contribution in [1.29, 1.82) is 0 Å². The molecule has 1 saturated carbocycles. The first kappa shape index (κ1) is 18.4. The van der Waals surface area contributed by atoms with E-state index in [1.165, 1.54) is 30.9 Å². The monoisotopic (exact) mass is 388 g/mol. The number of halogens is 1. The zero-order valence-electron chi connectivity index (χ0n) is 15.8. The van der Waals surface area contributed by atoms with E-state index >= 15 is 0 Å². The molecule has 0 bridgehead atoms. The molecule has 1 aromatic heterocycles. The van der Waals surface area contributed by atoms with E-state index in [1.807, 2.05) is 18.5 Å². The molecule has 0 aliphatic heterocycles. The minimum absolute atomic E-state index is 0.0819. The molecule has 4 rings (SSSR count). The Balaban J connectivity index is 1.87. The Morgan fingerprint density at radius 3 is 2.67 bits per heavy atom. The number of anilines is 1. The van der Waals surface area contributed by atoms with E-state index in [0.717, 1.165) is 47.9 Å². The molecule has 2 aromatic rings. The summed E-state index contributed by atoms with van der Waals surface area (Å²) in [5.74, 6) is 0.828. The van der Waals surface area contributed by atoms with Crippen molar-refractivity contribution in [2.24, 2.45) is 13.0 Å². The zero-order chi connectivity index (χ0) is 19.0. The Morgan fingerprint density at radius 1 is 1.22 bits per heavy atom. The van der Waals surface area contributed by atoms with Crippen molar-refractivity contribution in [1.82, 2.24) is 4.57 Å². The number of rotatable bonds is 6. The van der Waals surface area contributed by atoms with Crippen LogP contribution >= 0.6 is 11.9 Å². The van der Waals surface area contributed by atoms with Crippen LogP contribution in [-0.2, 0) is 19.9 Å². The van der Waals surface area contributed by atoms with Crippen molar-refractivity contribution in [3.05, 3.63) is 45.6 Å².